The molecular weight excluding hydrogens is 477 g/mol. The van der Waals surface area contributed by atoms with Crippen molar-refractivity contribution in [1.82, 2.24) is 34.5 Å². The zero-order chi connectivity index (χ0) is 25.4. The average Bonchev–Trinajstić information content (AvgIpc) is 3.52. The molecule has 0 unspecified atom stereocenters. The Morgan fingerprint density at radius 2 is 1.89 bits per heavy atom. The van der Waals surface area contributed by atoms with E-state index in [-0.39, 0.29) is 11.7 Å². The first-order valence-corrected chi connectivity index (χ1v) is 11.3. The number of piperidine rings is 1. The molecule has 1 saturated heterocycles. The molecule has 1 aliphatic heterocycles. The number of ether oxygens (including phenoxy) is 1. The van der Waals surface area contributed by atoms with Crippen molar-refractivity contribution in [1.29, 1.82) is 0 Å². The standard InChI is InChI=1S/C23H23F3N8O2/c1-14(35)16-9-28-34(13-16)22-30-18-11-29-33(20(18)21(31-22)36-2)12-15-5-7-32(8-6-15)19-4-3-17(10-27-19)23(24,25)26/h3-4,9-11,13,15H,5-8,12H2,1-2H3. The van der Waals surface area contributed by atoms with Crippen LogP contribution in [-0.4, -0.2) is 60.5 Å². The Hall–Kier alpha value is -4.03. The molecule has 13 heteroatoms. The van der Waals surface area contributed by atoms with Crippen molar-refractivity contribution in [3.05, 3.63) is 48.0 Å². The van der Waals surface area contributed by atoms with Crippen molar-refractivity contribution in [3.8, 4) is 11.8 Å². The van der Waals surface area contributed by atoms with Crippen LogP contribution in [0.15, 0.2) is 36.9 Å². The van der Waals surface area contributed by atoms with Gasteiger partial charge in [0.15, 0.2) is 5.78 Å². The molecule has 0 bridgehead atoms. The minimum atomic E-state index is -4.40. The average molecular weight is 500 g/mol. The highest BCUT2D eigenvalue weighted by molar-refractivity contribution is 5.93. The number of hydrogen-bond acceptors (Lipinski definition) is 8. The molecule has 0 spiro atoms. The summed E-state index contributed by atoms with van der Waals surface area (Å²) in [5.74, 6) is 1.34. The summed E-state index contributed by atoms with van der Waals surface area (Å²) in [4.78, 5) is 26.6. The van der Waals surface area contributed by atoms with Gasteiger partial charge in [0.05, 0.1) is 30.6 Å². The Labute approximate surface area is 203 Å². The summed E-state index contributed by atoms with van der Waals surface area (Å²) in [5, 5.41) is 8.66. The normalized spacial score (nSPS) is 15.0. The van der Waals surface area contributed by atoms with E-state index in [1.54, 1.807) is 12.4 Å². The predicted molar refractivity (Wildman–Crippen MR) is 123 cm³/mol. The summed E-state index contributed by atoms with van der Waals surface area (Å²) in [7, 11) is 1.52. The number of aromatic nitrogens is 7. The second-order valence-electron chi connectivity index (χ2n) is 8.66. The maximum absolute atomic E-state index is 12.8. The second-order valence-corrected chi connectivity index (χ2v) is 8.66. The lowest BCUT2D eigenvalue weighted by atomic mass is 9.97. The van der Waals surface area contributed by atoms with Crippen molar-refractivity contribution in [2.24, 2.45) is 5.92 Å². The summed E-state index contributed by atoms with van der Waals surface area (Å²) >= 11 is 0. The van der Waals surface area contributed by atoms with Gasteiger partial charge in [-0.05, 0) is 37.8 Å². The fourth-order valence-electron chi connectivity index (χ4n) is 4.28. The molecule has 10 nitrogen and oxygen atoms in total. The van der Waals surface area contributed by atoms with E-state index in [9.17, 15) is 18.0 Å². The van der Waals surface area contributed by atoms with Crippen molar-refractivity contribution in [3.63, 3.8) is 0 Å². The highest BCUT2D eigenvalue weighted by Gasteiger charge is 2.31. The molecule has 188 valence electrons. The van der Waals surface area contributed by atoms with Gasteiger partial charge >= 0.3 is 6.18 Å². The number of halogens is 3. The Kier molecular flexibility index (Phi) is 6.06. The first-order chi connectivity index (χ1) is 17.2. The number of fused-ring (bicyclic) bond motifs is 1. The lowest BCUT2D eigenvalue weighted by Crippen LogP contribution is -2.35. The van der Waals surface area contributed by atoms with Gasteiger partial charge in [-0.15, -0.1) is 0 Å². The molecule has 4 aromatic heterocycles. The number of carbonyl (C=O) groups is 1. The number of carbonyl (C=O) groups excluding carboxylic acids is 1. The molecule has 0 amide bonds. The molecule has 0 aliphatic carbocycles. The van der Waals surface area contributed by atoms with E-state index in [0.717, 1.165) is 25.1 Å². The number of methoxy groups -OCH3 is 1. The Balaban J connectivity index is 1.29. The molecule has 36 heavy (non-hydrogen) atoms. The van der Waals surface area contributed by atoms with Crippen LogP contribution in [0.2, 0.25) is 0 Å². The van der Waals surface area contributed by atoms with E-state index in [1.807, 2.05) is 9.58 Å². The molecule has 1 fully saturated rings. The van der Waals surface area contributed by atoms with E-state index in [2.05, 4.69) is 25.1 Å². The lowest BCUT2D eigenvalue weighted by Gasteiger charge is -2.33. The highest BCUT2D eigenvalue weighted by Crippen LogP contribution is 2.31. The van der Waals surface area contributed by atoms with Gasteiger partial charge in [0.2, 0.25) is 5.88 Å². The van der Waals surface area contributed by atoms with E-state index < -0.39 is 11.7 Å². The van der Waals surface area contributed by atoms with Gasteiger partial charge in [-0.25, -0.2) is 14.6 Å². The zero-order valence-corrected chi connectivity index (χ0v) is 19.6. The van der Waals surface area contributed by atoms with E-state index in [0.29, 0.717) is 53.8 Å². The molecular formula is C23H23F3N8O2. The van der Waals surface area contributed by atoms with E-state index >= 15 is 0 Å². The number of Topliss-reactive ketones (excluding diaryl/α,β-unsaturated/α-hetero) is 1. The molecule has 0 radical (unpaired) electrons. The van der Waals surface area contributed by atoms with Gasteiger partial charge in [-0.2, -0.15) is 28.4 Å². The minimum absolute atomic E-state index is 0.109. The Morgan fingerprint density at radius 3 is 2.50 bits per heavy atom. The van der Waals surface area contributed by atoms with Crippen LogP contribution < -0.4 is 9.64 Å². The molecule has 0 aromatic carbocycles. The number of rotatable bonds is 6. The maximum atomic E-state index is 12.8. The predicted octanol–water partition coefficient (Wildman–Crippen LogP) is 3.55. The summed E-state index contributed by atoms with van der Waals surface area (Å²) in [5.41, 5.74) is 0.944. The lowest BCUT2D eigenvalue weighted by molar-refractivity contribution is -0.137. The third-order valence-electron chi connectivity index (χ3n) is 6.28. The maximum Gasteiger partial charge on any atom is 0.417 e. The van der Waals surface area contributed by atoms with E-state index in [4.69, 9.17) is 4.74 Å². The quantitative estimate of drug-likeness (QED) is 0.370. The summed E-state index contributed by atoms with van der Waals surface area (Å²) in [6, 6.07) is 2.48. The third kappa shape index (κ3) is 4.60. The van der Waals surface area contributed by atoms with Gasteiger partial charge in [-0.3, -0.25) is 9.48 Å². The molecule has 0 N–H and O–H groups in total. The number of ketones is 1. The molecule has 5 heterocycles. The van der Waals surface area contributed by atoms with Crippen LogP contribution in [-0.2, 0) is 12.7 Å². The van der Waals surface area contributed by atoms with Crippen molar-refractivity contribution in [2.75, 3.05) is 25.1 Å². The van der Waals surface area contributed by atoms with Crippen LogP contribution in [0.4, 0.5) is 19.0 Å². The van der Waals surface area contributed by atoms with Crippen LogP contribution in [0.25, 0.3) is 17.0 Å². The number of alkyl halides is 3. The van der Waals surface area contributed by atoms with Crippen molar-refractivity contribution in [2.45, 2.75) is 32.5 Å². The molecule has 0 saturated carbocycles. The van der Waals surface area contributed by atoms with Gasteiger partial charge in [-0.1, -0.05) is 0 Å². The van der Waals surface area contributed by atoms with E-state index in [1.165, 1.54) is 31.0 Å². The first-order valence-electron chi connectivity index (χ1n) is 11.3. The van der Waals surface area contributed by atoms with Gasteiger partial charge in [0.1, 0.15) is 16.9 Å². The van der Waals surface area contributed by atoms with Crippen LogP contribution in [0.1, 0.15) is 35.7 Å². The van der Waals surface area contributed by atoms with Crippen LogP contribution in [0.3, 0.4) is 0 Å². The molecule has 1 aliphatic rings. The summed E-state index contributed by atoms with van der Waals surface area (Å²) in [6.45, 7) is 3.43. The number of nitrogens with zero attached hydrogens (tertiary/aromatic N) is 8. The summed E-state index contributed by atoms with van der Waals surface area (Å²) < 4.78 is 47.2. The van der Waals surface area contributed by atoms with Crippen molar-refractivity contribution >= 4 is 22.6 Å². The van der Waals surface area contributed by atoms with Gasteiger partial charge < -0.3 is 9.64 Å². The number of anilines is 1. The Bertz CT molecular complexity index is 1390. The fraction of sp³-hybridized carbons (Fsp3) is 0.391. The largest absolute Gasteiger partial charge is 0.479 e. The molecule has 0 atom stereocenters. The zero-order valence-electron chi connectivity index (χ0n) is 19.6. The topological polar surface area (TPSA) is 104 Å². The van der Waals surface area contributed by atoms with Gasteiger partial charge in [0.25, 0.3) is 5.95 Å². The number of hydrogen-bond donors (Lipinski definition) is 0. The molecule has 4 aromatic rings. The summed E-state index contributed by atoms with van der Waals surface area (Å²) in [6.07, 6.45) is 2.79. The molecule has 5 rings (SSSR count). The van der Waals surface area contributed by atoms with Crippen LogP contribution in [0.5, 0.6) is 5.88 Å². The monoisotopic (exact) mass is 500 g/mol. The van der Waals surface area contributed by atoms with Gasteiger partial charge in [0, 0.05) is 32.0 Å². The minimum Gasteiger partial charge on any atom is -0.479 e. The number of pyridine rings is 1. The Morgan fingerprint density at radius 1 is 1.11 bits per heavy atom. The van der Waals surface area contributed by atoms with Crippen molar-refractivity contribution < 1.29 is 22.7 Å². The van der Waals surface area contributed by atoms with Crippen LogP contribution >= 0.6 is 0 Å². The smallest absolute Gasteiger partial charge is 0.417 e. The SMILES string of the molecule is COc1nc(-n2cc(C(C)=O)cn2)nc2cnn(CC3CCN(c4ccc(C(F)(F)F)cn4)CC3)c12. The highest BCUT2D eigenvalue weighted by atomic mass is 19.4. The second kappa shape index (κ2) is 9.21. The fourth-order valence-corrected chi connectivity index (χ4v) is 4.28. The third-order valence-corrected chi connectivity index (χ3v) is 6.28. The van der Waals surface area contributed by atoms with Crippen LogP contribution in [0, 0.1) is 5.92 Å². The first kappa shape index (κ1) is 23.7.